The van der Waals surface area contributed by atoms with Crippen molar-refractivity contribution in [2.24, 2.45) is 5.10 Å². The molecule has 2 aromatic rings. The number of carbonyl (C=O) groups excluding carboxylic acids is 1. The minimum atomic E-state index is -0.637. The summed E-state index contributed by atoms with van der Waals surface area (Å²) in [4.78, 5) is 15.1. The van der Waals surface area contributed by atoms with E-state index in [0.29, 0.717) is 21.5 Å². The molecule has 1 aromatic heterocycles. The second kappa shape index (κ2) is 6.39. The topological polar surface area (TPSA) is 71.8 Å². The Labute approximate surface area is 130 Å². The number of amidine groups is 1. The van der Waals surface area contributed by atoms with Crippen molar-refractivity contribution in [2.45, 2.75) is 6.92 Å². The quantitative estimate of drug-likeness (QED) is 0.305. The number of aryl methyl sites for hydroxylation is 1. The number of nitrogens with one attached hydrogen (secondary N) is 1. The molecule has 0 radical (unpaired) electrons. The van der Waals surface area contributed by atoms with E-state index in [2.05, 4.69) is 20.5 Å². The summed E-state index contributed by atoms with van der Waals surface area (Å²) in [5.74, 6) is -0.542. The summed E-state index contributed by atoms with van der Waals surface area (Å²) in [6, 6.07) is 6.10. The van der Waals surface area contributed by atoms with Gasteiger partial charge in [-0.2, -0.15) is 0 Å². The average Bonchev–Trinajstić information content (AvgIpc) is 2.85. The molecule has 0 atom stereocenters. The zero-order valence-electron chi connectivity index (χ0n) is 10.7. The monoisotopic (exact) mass is 322 g/mol. The number of hydrogen-bond acceptors (Lipinski definition) is 5. The van der Waals surface area contributed by atoms with Gasteiger partial charge in [-0.1, -0.05) is 34.9 Å². The first-order valence-corrected chi connectivity index (χ1v) is 6.40. The van der Waals surface area contributed by atoms with E-state index in [9.17, 15) is 4.79 Å². The minimum absolute atomic E-state index is 0.0215. The number of hydrogen-bond donors (Lipinski definition) is 1. The maximum Gasteiger partial charge on any atom is 0.343 e. The van der Waals surface area contributed by atoms with Crippen molar-refractivity contribution < 1.29 is 9.32 Å². The van der Waals surface area contributed by atoms with Crippen LogP contribution in [0.4, 0.5) is 5.69 Å². The van der Waals surface area contributed by atoms with Crippen LogP contribution in [0.5, 0.6) is 0 Å². The van der Waals surface area contributed by atoms with E-state index in [0.717, 1.165) is 0 Å². The van der Waals surface area contributed by atoms with Crippen LogP contribution in [0.2, 0.25) is 10.0 Å². The molecule has 0 aliphatic rings. The number of aromatic nitrogens is 1. The Balaban J connectivity index is 2.21. The lowest BCUT2D eigenvalue weighted by molar-refractivity contribution is 0.105. The van der Waals surface area contributed by atoms with Gasteiger partial charge in [0.25, 0.3) is 0 Å². The molecular formula is C13H8Cl2N4O2. The second-order valence-corrected chi connectivity index (χ2v) is 4.84. The number of rotatable bonds is 4. The van der Waals surface area contributed by atoms with Gasteiger partial charge in [-0.3, -0.25) is 4.79 Å². The predicted molar refractivity (Wildman–Crippen MR) is 79.7 cm³/mol. The number of nitrogens with zero attached hydrogens (tertiary/aromatic N) is 3. The predicted octanol–water partition coefficient (Wildman–Crippen LogP) is 3.82. The molecule has 2 rings (SSSR count). The lowest BCUT2D eigenvalue weighted by Gasteiger charge is -1.99. The molecule has 1 aromatic carbocycles. The Morgan fingerprint density at radius 3 is 2.52 bits per heavy atom. The maximum absolute atomic E-state index is 12.0. The molecule has 0 spiro atoms. The Bertz CT molecular complexity index is 742. The molecule has 1 heterocycles. The van der Waals surface area contributed by atoms with Crippen LogP contribution in [0.15, 0.2) is 33.9 Å². The van der Waals surface area contributed by atoms with Crippen LogP contribution in [-0.2, 0) is 0 Å². The number of benzene rings is 1. The van der Waals surface area contributed by atoms with Gasteiger partial charge in [-0.25, -0.2) is 5.43 Å². The molecule has 0 bridgehead atoms. The van der Waals surface area contributed by atoms with Gasteiger partial charge in [0.15, 0.2) is 0 Å². The van der Waals surface area contributed by atoms with Crippen molar-refractivity contribution in [1.29, 1.82) is 0 Å². The first kappa shape index (κ1) is 15.0. The SMILES string of the molecule is [C-]#[N+]/C(=N\Nc1cc(Cl)cc(Cl)c1)C(=O)c1cc(C)on1. The number of Topliss-reactive ketones (excluding diaryl/α,β-unsaturated/α-hetero) is 1. The van der Waals surface area contributed by atoms with E-state index in [4.69, 9.17) is 34.3 Å². The van der Waals surface area contributed by atoms with Gasteiger partial charge in [0.05, 0.1) is 5.69 Å². The molecule has 8 heteroatoms. The zero-order chi connectivity index (χ0) is 15.4. The highest BCUT2D eigenvalue weighted by Gasteiger charge is 2.18. The summed E-state index contributed by atoms with van der Waals surface area (Å²) in [5.41, 5.74) is 3.04. The summed E-state index contributed by atoms with van der Waals surface area (Å²) in [7, 11) is 0. The normalized spacial score (nSPS) is 11.0. The van der Waals surface area contributed by atoms with E-state index < -0.39 is 5.78 Å². The fourth-order valence-corrected chi connectivity index (χ4v) is 1.98. The van der Waals surface area contributed by atoms with E-state index in [1.807, 2.05) is 0 Å². The summed E-state index contributed by atoms with van der Waals surface area (Å²) >= 11 is 11.7. The smallest absolute Gasteiger partial charge is 0.343 e. The molecule has 0 fully saturated rings. The van der Waals surface area contributed by atoms with Crippen LogP contribution in [0.3, 0.4) is 0 Å². The third kappa shape index (κ3) is 3.81. The lowest BCUT2D eigenvalue weighted by atomic mass is 10.2. The van der Waals surface area contributed by atoms with Gasteiger partial charge < -0.3 is 9.37 Å². The van der Waals surface area contributed by atoms with Crippen LogP contribution in [0, 0.1) is 13.5 Å². The van der Waals surface area contributed by atoms with E-state index in [1.54, 1.807) is 25.1 Å². The lowest BCUT2D eigenvalue weighted by Crippen LogP contribution is -2.12. The first-order chi connectivity index (χ1) is 9.99. The molecule has 0 aliphatic carbocycles. The number of hydrazone groups is 1. The molecule has 0 aliphatic heterocycles. The van der Waals surface area contributed by atoms with Gasteiger partial charge in [-0.05, 0) is 30.2 Å². The maximum atomic E-state index is 12.0. The van der Waals surface area contributed by atoms with E-state index in [1.165, 1.54) is 6.07 Å². The number of halogens is 2. The highest BCUT2D eigenvalue weighted by atomic mass is 35.5. The molecule has 1 N–H and O–H groups in total. The molecular weight excluding hydrogens is 315 g/mol. The molecule has 21 heavy (non-hydrogen) atoms. The number of ketones is 1. The highest BCUT2D eigenvalue weighted by Crippen LogP contribution is 2.22. The Hall–Kier alpha value is -2.36. The van der Waals surface area contributed by atoms with E-state index >= 15 is 0 Å². The summed E-state index contributed by atoms with van der Waals surface area (Å²) in [6.45, 7) is 8.66. The molecule has 6 nitrogen and oxygen atoms in total. The van der Waals surface area contributed by atoms with Crippen LogP contribution in [-0.4, -0.2) is 16.8 Å². The van der Waals surface area contributed by atoms with Crippen molar-refractivity contribution in [1.82, 2.24) is 5.16 Å². The average molecular weight is 323 g/mol. The fraction of sp³-hybridized carbons (Fsp3) is 0.0769. The van der Waals surface area contributed by atoms with Crippen LogP contribution in [0.1, 0.15) is 16.2 Å². The summed E-state index contributed by atoms with van der Waals surface area (Å²) < 4.78 is 4.79. The van der Waals surface area contributed by atoms with Gasteiger partial charge >= 0.3 is 5.84 Å². The fourth-order valence-electron chi connectivity index (χ4n) is 1.45. The first-order valence-electron chi connectivity index (χ1n) is 5.65. The number of anilines is 1. The Morgan fingerprint density at radius 2 is 2.00 bits per heavy atom. The van der Waals surface area contributed by atoms with Crippen molar-refractivity contribution in [3.05, 3.63) is 57.2 Å². The number of carbonyl (C=O) groups is 1. The molecule has 106 valence electrons. The van der Waals surface area contributed by atoms with Crippen molar-refractivity contribution in [2.75, 3.05) is 5.43 Å². The molecule has 0 amide bonds. The Kier molecular flexibility index (Phi) is 4.58. The van der Waals surface area contributed by atoms with Gasteiger partial charge in [-0.15, -0.1) is 0 Å². The van der Waals surface area contributed by atoms with Crippen molar-refractivity contribution in [3.63, 3.8) is 0 Å². The molecule has 0 unspecified atom stereocenters. The van der Waals surface area contributed by atoms with Crippen LogP contribution in [0.25, 0.3) is 4.85 Å². The van der Waals surface area contributed by atoms with Crippen LogP contribution < -0.4 is 5.43 Å². The van der Waals surface area contributed by atoms with E-state index in [-0.39, 0.29) is 11.5 Å². The largest absolute Gasteiger partial charge is 0.361 e. The molecule has 0 saturated carbocycles. The zero-order valence-corrected chi connectivity index (χ0v) is 12.2. The molecule has 0 saturated heterocycles. The third-order valence-electron chi connectivity index (χ3n) is 2.32. The van der Waals surface area contributed by atoms with Crippen molar-refractivity contribution >= 4 is 40.5 Å². The van der Waals surface area contributed by atoms with Crippen molar-refractivity contribution in [3.8, 4) is 0 Å². The standard InChI is InChI=1S/C13H8Cl2N4O2/c1-7-3-11(19-21-7)12(20)13(16-2)18-17-10-5-8(14)4-9(15)6-10/h3-6,17H,1H3/b18-13-. The van der Waals surface area contributed by atoms with Gasteiger partial charge in [0, 0.05) is 16.1 Å². The minimum Gasteiger partial charge on any atom is -0.361 e. The highest BCUT2D eigenvalue weighted by molar-refractivity contribution is 6.48. The summed E-state index contributed by atoms with van der Waals surface area (Å²) in [5, 5.41) is 8.10. The Morgan fingerprint density at radius 1 is 1.33 bits per heavy atom. The second-order valence-electron chi connectivity index (χ2n) is 3.97. The van der Waals surface area contributed by atoms with Crippen LogP contribution >= 0.6 is 23.2 Å². The summed E-state index contributed by atoms with van der Waals surface area (Å²) in [6.07, 6.45) is 0. The third-order valence-corrected chi connectivity index (χ3v) is 2.76. The van der Waals surface area contributed by atoms with Gasteiger partial charge in [0.1, 0.15) is 11.5 Å². The van der Waals surface area contributed by atoms with Gasteiger partial charge in [0.2, 0.25) is 5.78 Å².